The van der Waals surface area contributed by atoms with Crippen LogP contribution in [0.15, 0.2) is 58.5 Å². The van der Waals surface area contributed by atoms with Gasteiger partial charge in [0.1, 0.15) is 6.04 Å². The molecule has 4 rings (SSSR count). The number of nitrogens with one attached hydrogen (secondary N) is 3. The van der Waals surface area contributed by atoms with Crippen LogP contribution in [0.2, 0.25) is 4.34 Å². The minimum atomic E-state index is -0.732. The average Bonchev–Trinajstić information content (AvgIpc) is 3.47. The van der Waals surface area contributed by atoms with E-state index in [4.69, 9.17) is 16.0 Å². The molecule has 2 heterocycles. The molecule has 0 bridgehead atoms. The van der Waals surface area contributed by atoms with Crippen molar-refractivity contribution in [1.29, 1.82) is 0 Å². The first-order valence-corrected chi connectivity index (χ1v) is 11.9. The minimum absolute atomic E-state index is 0.0685. The highest BCUT2D eigenvalue weighted by atomic mass is 35.5. The van der Waals surface area contributed by atoms with E-state index in [0.717, 1.165) is 16.7 Å². The molecule has 0 fully saturated rings. The first-order valence-electron chi connectivity index (χ1n) is 10.7. The lowest BCUT2D eigenvalue weighted by molar-refractivity contribution is -0.124. The summed E-state index contributed by atoms with van der Waals surface area (Å²) in [4.78, 5) is 37.5. The van der Waals surface area contributed by atoms with E-state index in [0.29, 0.717) is 17.2 Å². The molecule has 3 unspecified atom stereocenters. The standard InChI is InChI=1S/C24H24ClN3O4S/c1-14(26-24(31)20-7-4-10-32-20)23(30)28-19-9-8-18(16-5-2-3-6-17(16)19)27-22(29)12-15-11-21(25)33-13-15/h2-7,10-11,13-14,18-19H,8-9,12H2,1H3,(H,26,31)(H,27,29)(H,28,30). The third-order valence-corrected chi connectivity index (χ3v) is 6.75. The number of rotatable bonds is 7. The lowest BCUT2D eigenvalue weighted by atomic mass is 9.84. The molecule has 3 N–H and O–H groups in total. The van der Waals surface area contributed by atoms with Crippen LogP contribution in [0.25, 0.3) is 0 Å². The maximum atomic E-state index is 12.8. The van der Waals surface area contributed by atoms with Crippen LogP contribution < -0.4 is 16.0 Å². The molecule has 1 aromatic carbocycles. The Morgan fingerprint density at radius 2 is 1.79 bits per heavy atom. The van der Waals surface area contributed by atoms with Crippen molar-refractivity contribution in [2.45, 2.75) is 44.3 Å². The van der Waals surface area contributed by atoms with E-state index < -0.39 is 11.9 Å². The number of halogens is 1. The fourth-order valence-electron chi connectivity index (χ4n) is 4.00. The Kier molecular flexibility index (Phi) is 7.15. The zero-order valence-corrected chi connectivity index (χ0v) is 19.5. The van der Waals surface area contributed by atoms with E-state index >= 15 is 0 Å². The molecule has 0 spiro atoms. The van der Waals surface area contributed by atoms with Gasteiger partial charge >= 0.3 is 0 Å². The van der Waals surface area contributed by atoms with Crippen molar-refractivity contribution in [2.24, 2.45) is 0 Å². The van der Waals surface area contributed by atoms with Gasteiger partial charge in [0.05, 0.1) is 29.1 Å². The van der Waals surface area contributed by atoms with Gasteiger partial charge in [0.2, 0.25) is 11.8 Å². The Balaban J connectivity index is 1.39. The van der Waals surface area contributed by atoms with Crippen molar-refractivity contribution in [3.63, 3.8) is 0 Å². The summed E-state index contributed by atoms with van der Waals surface area (Å²) in [6.07, 6.45) is 3.03. The number of thiophene rings is 1. The molecule has 9 heteroatoms. The smallest absolute Gasteiger partial charge is 0.287 e. The molecule has 1 aliphatic carbocycles. The Hall–Kier alpha value is -3.10. The van der Waals surface area contributed by atoms with Crippen molar-refractivity contribution >= 4 is 40.7 Å². The fourth-order valence-corrected chi connectivity index (χ4v) is 4.91. The monoisotopic (exact) mass is 485 g/mol. The fraction of sp³-hybridized carbons (Fsp3) is 0.292. The van der Waals surface area contributed by atoms with Gasteiger partial charge in [-0.15, -0.1) is 11.3 Å². The molecule has 0 aliphatic heterocycles. The summed E-state index contributed by atoms with van der Waals surface area (Å²) in [7, 11) is 0. The summed E-state index contributed by atoms with van der Waals surface area (Å²) in [5.41, 5.74) is 2.84. The molecule has 1 aliphatic rings. The van der Waals surface area contributed by atoms with Crippen molar-refractivity contribution < 1.29 is 18.8 Å². The molecule has 3 amide bonds. The van der Waals surface area contributed by atoms with Crippen molar-refractivity contribution in [3.05, 3.63) is 80.9 Å². The highest BCUT2D eigenvalue weighted by Gasteiger charge is 2.30. The van der Waals surface area contributed by atoms with Gasteiger partial charge in [-0.2, -0.15) is 0 Å². The van der Waals surface area contributed by atoms with Crippen LogP contribution in [0.1, 0.15) is 59.1 Å². The highest BCUT2D eigenvalue weighted by molar-refractivity contribution is 7.14. The van der Waals surface area contributed by atoms with Crippen molar-refractivity contribution in [2.75, 3.05) is 0 Å². The topological polar surface area (TPSA) is 100 Å². The van der Waals surface area contributed by atoms with E-state index in [2.05, 4.69) is 16.0 Å². The normalized spacial score (nSPS) is 18.1. The third kappa shape index (κ3) is 5.64. The zero-order chi connectivity index (χ0) is 23.4. The maximum absolute atomic E-state index is 12.8. The second-order valence-electron chi connectivity index (χ2n) is 8.00. The number of fused-ring (bicyclic) bond motifs is 1. The van der Waals surface area contributed by atoms with Crippen LogP contribution in [0.5, 0.6) is 0 Å². The van der Waals surface area contributed by atoms with Crippen molar-refractivity contribution in [3.8, 4) is 0 Å². The maximum Gasteiger partial charge on any atom is 0.287 e. The number of benzene rings is 1. The largest absolute Gasteiger partial charge is 0.459 e. The van der Waals surface area contributed by atoms with Gasteiger partial charge in [-0.1, -0.05) is 35.9 Å². The second kappa shape index (κ2) is 10.2. The van der Waals surface area contributed by atoms with Crippen LogP contribution in [0, 0.1) is 0 Å². The SMILES string of the molecule is CC(NC(=O)c1ccco1)C(=O)NC1CCC(NC(=O)Cc2csc(Cl)c2)c2ccccc21. The molecular weight excluding hydrogens is 462 g/mol. The summed E-state index contributed by atoms with van der Waals surface area (Å²) in [6.45, 7) is 1.63. The predicted octanol–water partition coefficient (Wildman–Crippen LogP) is 4.16. The summed E-state index contributed by atoms with van der Waals surface area (Å²) in [6, 6.07) is 11.7. The molecule has 3 atom stereocenters. The molecule has 3 aromatic rings. The number of carbonyl (C=O) groups is 3. The molecule has 7 nitrogen and oxygen atoms in total. The van der Waals surface area contributed by atoms with Gasteiger partial charge in [-0.05, 0) is 60.0 Å². The van der Waals surface area contributed by atoms with Crippen LogP contribution in [-0.4, -0.2) is 23.8 Å². The highest BCUT2D eigenvalue weighted by Crippen LogP contribution is 2.36. The van der Waals surface area contributed by atoms with Crippen LogP contribution in [-0.2, 0) is 16.0 Å². The van der Waals surface area contributed by atoms with E-state index in [1.54, 1.807) is 25.1 Å². The lowest BCUT2D eigenvalue weighted by Gasteiger charge is -2.33. The first-order chi connectivity index (χ1) is 15.9. The lowest BCUT2D eigenvalue weighted by Crippen LogP contribution is -2.46. The van der Waals surface area contributed by atoms with Gasteiger partial charge in [0, 0.05) is 0 Å². The molecule has 172 valence electrons. The molecular formula is C24H24ClN3O4S. The summed E-state index contributed by atoms with van der Waals surface area (Å²) < 4.78 is 5.73. The quantitative estimate of drug-likeness (QED) is 0.467. The number of hydrogen-bond acceptors (Lipinski definition) is 5. The molecule has 0 saturated carbocycles. The summed E-state index contributed by atoms with van der Waals surface area (Å²) in [5, 5.41) is 10.7. The predicted molar refractivity (Wildman–Crippen MR) is 126 cm³/mol. The van der Waals surface area contributed by atoms with E-state index in [9.17, 15) is 14.4 Å². The molecule has 33 heavy (non-hydrogen) atoms. The van der Waals surface area contributed by atoms with Crippen LogP contribution in [0.3, 0.4) is 0 Å². The molecule has 0 saturated heterocycles. The zero-order valence-electron chi connectivity index (χ0n) is 18.0. The van der Waals surface area contributed by atoms with Crippen LogP contribution in [0.4, 0.5) is 0 Å². The molecule has 2 aromatic heterocycles. The first kappa shape index (κ1) is 23.1. The summed E-state index contributed by atoms with van der Waals surface area (Å²) in [5.74, 6) is -0.644. The van der Waals surface area contributed by atoms with E-state index in [-0.39, 0.29) is 36.1 Å². The van der Waals surface area contributed by atoms with Crippen LogP contribution >= 0.6 is 22.9 Å². The minimum Gasteiger partial charge on any atom is -0.459 e. The number of amides is 3. The Bertz CT molecular complexity index is 1140. The Labute approximate surface area is 200 Å². The van der Waals surface area contributed by atoms with Gasteiger partial charge < -0.3 is 20.4 Å². The van der Waals surface area contributed by atoms with E-state index in [1.807, 2.05) is 29.6 Å². The van der Waals surface area contributed by atoms with Gasteiger partial charge in [0.15, 0.2) is 5.76 Å². The van der Waals surface area contributed by atoms with Gasteiger partial charge in [0.25, 0.3) is 5.91 Å². The second-order valence-corrected chi connectivity index (χ2v) is 9.54. The Morgan fingerprint density at radius 1 is 1.09 bits per heavy atom. The Morgan fingerprint density at radius 3 is 2.39 bits per heavy atom. The summed E-state index contributed by atoms with van der Waals surface area (Å²) >= 11 is 7.37. The van der Waals surface area contributed by atoms with Gasteiger partial charge in [-0.25, -0.2) is 0 Å². The number of carbonyl (C=O) groups excluding carboxylic acids is 3. The molecule has 0 radical (unpaired) electrons. The third-order valence-electron chi connectivity index (χ3n) is 5.61. The number of hydrogen-bond donors (Lipinski definition) is 3. The number of furan rings is 1. The average molecular weight is 486 g/mol. The van der Waals surface area contributed by atoms with Gasteiger partial charge in [-0.3, -0.25) is 14.4 Å². The van der Waals surface area contributed by atoms with Crippen molar-refractivity contribution in [1.82, 2.24) is 16.0 Å². The van der Waals surface area contributed by atoms with E-state index in [1.165, 1.54) is 17.6 Å².